The van der Waals surface area contributed by atoms with Gasteiger partial charge in [-0.25, -0.2) is 4.68 Å². The van der Waals surface area contributed by atoms with E-state index in [0.29, 0.717) is 12.2 Å². The zero-order valence-electron chi connectivity index (χ0n) is 11.6. The van der Waals surface area contributed by atoms with Gasteiger partial charge in [-0.3, -0.25) is 4.79 Å². The standard InChI is InChI=1S/C15H18ClN3O2/c16-14-13(11-18-19(9-10-20)15(14)21)17-8-4-7-12-5-2-1-3-6-12/h1-3,5-6,11,17,20H,4,7-10H2. The minimum atomic E-state index is -0.390. The van der Waals surface area contributed by atoms with Crippen LogP contribution in [0.2, 0.25) is 5.02 Å². The van der Waals surface area contributed by atoms with E-state index in [0.717, 1.165) is 17.5 Å². The Morgan fingerprint density at radius 2 is 2.05 bits per heavy atom. The van der Waals surface area contributed by atoms with Crippen LogP contribution in [-0.4, -0.2) is 28.0 Å². The number of aliphatic hydroxyl groups excluding tert-OH is 1. The van der Waals surface area contributed by atoms with Crippen molar-refractivity contribution in [2.75, 3.05) is 18.5 Å². The molecule has 1 aromatic heterocycles. The van der Waals surface area contributed by atoms with Crippen molar-refractivity contribution in [3.63, 3.8) is 0 Å². The fourth-order valence-electron chi connectivity index (χ4n) is 2.00. The van der Waals surface area contributed by atoms with Crippen LogP contribution in [0.4, 0.5) is 5.69 Å². The molecule has 0 unspecified atom stereocenters. The van der Waals surface area contributed by atoms with Gasteiger partial charge in [0.05, 0.1) is 25.0 Å². The zero-order valence-corrected chi connectivity index (χ0v) is 12.4. The molecule has 6 heteroatoms. The molecular formula is C15H18ClN3O2. The van der Waals surface area contributed by atoms with E-state index < -0.39 is 5.56 Å². The normalized spacial score (nSPS) is 10.6. The zero-order chi connectivity index (χ0) is 15.1. The van der Waals surface area contributed by atoms with Crippen molar-refractivity contribution in [1.29, 1.82) is 0 Å². The first-order valence-corrected chi connectivity index (χ1v) is 7.24. The van der Waals surface area contributed by atoms with E-state index in [1.807, 2.05) is 18.2 Å². The number of anilines is 1. The van der Waals surface area contributed by atoms with Gasteiger partial charge in [-0.2, -0.15) is 5.10 Å². The SMILES string of the molecule is O=c1c(Cl)c(NCCCc2ccccc2)cnn1CCO. The summed E-state index contributed by atoms with van der Waals surface area (Å²) in [5, 5.41) is 16.0. The molecule has 21 heavy (non-hydrogen) atoms. The van der Waals surface area contributed by atoms with Crippen LogP contribution in [0.25, 0.3) is 0 Å². The Labute approximate surface area is 128 Å². The van der Waals surface area contributed by atoms with E-state index in [-0.39, 0.29) is 18.2 Å². The van der Waals surface area contributed by atoms with Gasteiger partial charge in [-0.15, -0.1) is 0 Å². The lowest BCUT2D eigenvalue weighted by Gasteiger charge is -2.09. The summed E-state index contributed by atoms with van der Waals surface area (Å²) in [7, 11) is 0. The van der Waals surface area contributed by atoms with Gasteiger partial charge in [0.1, 0.15) is 5.02 Å². The fourth-order valence-corrected chi connectivity index (χ4v) is 2.22. The molecule has 0 aliphatic carbocycles. The molecule has 112 valence electrons. The quantitative estimate of drug-likeness (QED) is 0.767. The summed E-state index contributed by atoms with van der Waals surface area (Å²) < 4.78 is 1.15. The number of halogens is 1. The van der Waals surface area contributed by atoms with Crippen molar-refractivity contribution in [2.45, 2.75) is 19.4 Å². The predicted octanol–water partition coefficient (Wildman–Crippen LogP) is 1.93. The number of aliphatic hydroxyl groups is 1. The smallest absolute Gasteiger partial charge is 0.287 e. The number of hydrogen-bond donors (Lipinski definition) is 2. The van der Waals surface area contributed by atoms with E-state index in [1.54, 1.807) is 0 Å². The highest BCUT2D eigenvalue weighted by atomic mass is 35.5. The summed E-state index contributed by atoms with van der Waals surface area (Å²) in [5.74, 6) is 0. The molecule has 0 saturated carbocycles. The number of nitrogens with zero attached hydrogens (tertiary/aromatic N) is 2. The Bertz CT molecular complexity index is 629. The monoisotopic (exact) mass is 307 g/mol. The van der Waals surface area contributed by atoms with Crippen molar-refractivity contribution in [3.05, 3.63) is 57.5 Å². The maximum Gasteiger partial charge on any atom is 0.287 e. The number of nitrogens with one attached hydrogen (secondary N) is 1. The van der Waals surface area contributed by atoms with Crippen molar-refractivity contribution >= 4 is 17.3 Å². The predicted molar refractivity (Wildman–Crippen MR) is 83.8 cm³/mol. The Balaban J connectivity index is 1.89. The molecular weight excluding hydrogens is 290 g/mol. The summed E-state index contributed by atoms with van der Waals surface area (Å²) in [6.45, 7) is 0.708. The lowest BCUT2D eigenvalue weighted by Crippen LogP contribution is -2.25. The van der Waals surface area contributed by atoms with E-state index in [9.17, 15) is 4.79 Å². The van der Waals surface area contributed by atoms with Gasteiger partial charge in [-0.05, 0) is 18.4 Å². The number of benzene rings is 1. The maximum absolute atomic E-state index is 11.9. The minimum absolute atomic E-state index is 0.109. The topological polar surface area (TPSA) is 67.2 Å². The molecule has 0 atom stereocenters. The second kappa shape index (κ2) is 7.81. The average Bonchev–Trinajstić information content (AvgIpc) is 2.51. The van der Waals surface area contributed by atoms with Crippen molar-refractivity contribution < 1.29 is 5.11 Å². The van der Waals surface area contributed by atoms with Crippen molar-refractivity contribution in [3.8, 4) is 0 Å². The van der Waals surface area contributed by atoms with Crippen molar-refractivity contribution in [1.82, 2.24) is 9.78 Å². The first kappa shape index (κ1) is 15.5. The molecule has 1 aromatic carbocycles. The highest BCUT2D eigenvalue weighted by molar-refractivity contribution is 6.32. The Morgan fingerprint density at radius 3 is 2.76 bits per heavy atom. The highest BCUT2D eigenvalue weighted by Gasteiger charge is 2.08. The molecule has 5 nitrogen and oxygen atoms in total. The van der Waals surface area contributed by atoms with E-state index in [1.165, 1.54) is 11.8 Å². The Morgan fingerprint density at radius 1 is 1.29 bits per heavy atom. The average molecular weight is 308 g/mol. The lowest BCUT2D eigenvalue weighted by molar-refractivity contribution is 0.266. The molecule has 2 N–H and O–H groups in total. The van der Waals surface area contributed by atoms with E-state index in [4.69, 9.17) is 16.7 Å². The Kier molecular flexibility index (Phi) is 5.78. The lowest BCUT2D eigenvalue weighted by atomic mass is 10.1. The van der Waals surface area contributed by atoms with Crippen LogP contribution < -0.4 is 10.9 Å². The van der Waals surface area contributed by atoms with E-state index in [2.05, 4.69) is 22.5 Å². The molecule has 0 spiro atoms. The molecule has 1 heterocycles. The summed E-state index contributed by atoms with van der Waals surface area (Å²) in [6.07, 6.45) is 3.41. The van der Waals surface area contributed by atoms with Crippen LogP contribution in [0.1, 0.15) is 12.0 Å². The highest BCUT2D eigenvalue weighted by Crippen LogP contribution is 2.15. The largest absolute Gasteiger partial charge is 0.394 e. The molecule has 2 aromatic rings. The number of rotatable bonds is 7. The molecule has 0 radical (unpaired) electrons. The molecule has 0 fully saturated rings. The van der Waals surface area contributed by atoms with Gasteiger partial charge >= 0.3 is 0 Å². The fraction of sp³-hybridized carbons (Fsp3) is 0.333. The molecule has 0 aliphatic heterocycles. The van der Waals surface area contributed by atoms with Crippen LogP contribution in [0.3, 0.4) is 0 Å². The van der Waals surface area contributed by atoms with Gasteiger partial charge in [0, 0.05) is 6.54 Å². The van der Waals surface area contributed by atoms with E-state index >= 15 is 0 Å². The third kappa shape index (κ3) is 4.31. The van der Waals surface area contributed by atoms with Crippen LogP contribution in [0, 0.1) is 0 Å². The summed E-state index contributed by atoms with van der Waals surface area (Å²) in [4.78, 5) is 11.9. The molecule has 0 amide bonds. The minimum Gasteiger partial charge on any atom is -0.394 e. The third-order valence-electron chi connectivity index (χ3n) is 3.10. The third-order valence-corrected chi connectivity index (χ3v) is 3.46. The maximum atomic E-state index is 11.9. The van der Waals surface area contributed by atoms with Crippen LogP contribution in [0.15, 0.2) is 41.3 Å². The van der Waals surface area contributed by atoms with Gasteiger partial charge in [0.25, 0.3) is 5.56 Å². The summed E-state index contributed by atoms with van der Waals surface area (Å²) in [6, 6.07) is 10.2. The van der Waals surface area contributed by atoms with Crippen LogP contribution >= 0.6 is 11.6 Å². The van der Waals surface area contributed by atoms with Gasteiger partial charge in [0.15, 0.2) is 0 Å². The van der Waals surface area contributed by atoms with Crippen LogP contribution in [-0.2, 0) is 13.0 Å². The first-order valence-electron chi connectivity index (χ1n) is 6.86. The van der Waals surface area contributed by atoms with Crippen molar-refractivity contribution in [2.24, 2.45) is 0 Å². The van der Waals surface area contributed by atoms with Gasteiger partial charge in [-0.1, -0.05) is 41.9 Å². The Hall–Kier alpha value is -1.85. The number of hydrogen-bond acceptors (Lipinski definition) is 4. The molecule has 2 rings (SSSR count). The van der Waals surface area contributed by atoms with Crippen LogP contribution in [0.5, 0.6) is 0 Å². The summed E-state index contributed by atoms with van der Waals surface area (Å²) >= 11 is 6.01. The van der Waals surface area contributed by atoms with Gasteiger partial charge in [0.2, 0.25) is 0 Å². The first-order chi connectivity index (χ1) is 10.2. The molecule has 0 aliphatic rings. The summed E-state index contributed by atoms with van der Waals surface area (Å²) in [5.41, 5.74) is 1.42. The second-order valence-electron chi connectivity index (χ2n) is 4.64. The molecule has 0 saturated heterocycles. The molecule has 0 bridgehead atoms. The van der Waals surface area contributed by atoms with Gasteiger partial charge < -0.3 is 10.4 Å². The second-order valence-corrected chi connectivity index (χ2v) is 5.02. The number of aromatic nitrogens is 2. The number of aryl methyl sites for hydroxylation is 1.